The molecule has 8 heteroatoms. The van der Waals surface area contributed by atoms with Gasteiger partial charge in [-0.1, -0.05) is 60.2 Å². The van der Waals surface area contributed by atoms with Gasteiger partial charge in [-0.2, -0.15) is 4.31 Å². The molecule has 3 atom stereocenters. The molecule has 5 rings (SSSR count). The number of hydrogen-bond acceptors (Lipinski definition) is 4. The zero-order chi connectivity index (χ0) is 24.0. The summed E-state index contributed by atoms with van der Waals surface area (Å²) >= 11 is 0. The van der Waals surface area contributed by atoms with Gasteiger partial charge in [0, 0.05) is 12.5 Å². The SMILES string of the molecule is Cc1cccc(-c2ccc([C@@H]3[C@@H](CO)N4C(=O)CN(S(=O)(=O)c5cccc(F)c5)C[C@@H]34)cc2)c1. The fraction of sp³-hybridized carbons (Fsp3) is 0.269. The average Bonchev–Trinajstić information content (AvgIpc) is 2.80. The van der Waals surface area contributed by atoms with Crippen molar-refractivity contribution in [2.45, 2.75) is 29.8 Å². The maximum absolute atomic E-state index is 13.7. The van der Waals surface area contributed by atoms with E-state index in [0.29, 0.717) is 0 Å². The molecule has 0 aliphatic carbocycles. The van der Waals surface area contributed by atoms with E-state index < -0.39 is 27.9 Å². The Kier molecular flexibility index (Phi) is 5.75. The molecule has 34 heavy (non-hydrogen) atoms. The van der Waals surface area contributed by atoms with E-state index in [1.54, 1.807) is 4.90 Å². The summed E-state index contributed by atoms with van der Waals surface area (Å²) in [6.07, 6.45) is 0. The highest BCUT2D eigenvalue weighted by Crippen LogP contribution is 2.44. The second kappa shape index (κ2) is 8.61. The van der Waals surface area contributed by atoms with Crippen molar-refractivity contribution in [2.75, 3.05) is 19.7 Å². The van der Waals surface area contributed by atoms with Gasteiger partial charge in [-0.05, 0) is 41.8 Å². The Balaban J connectivity index is 1.42. The summed E-state index contributed by atoms with van der Waals surface area (Å²) in [5.74, 6) is -1.21. The number of piperazine rings is 1. The van der Waals surface area contributed by atoms with Crippen molar-refractivity contribution >= 4 is 15.9 Å². The van der Waals surface area contributed by atoms with Crippen molar-refractivity contribution in [1.29, 1.82) is 0 Å². The van der Waals surface area contributed by atoms with Gasteiger partial charge in [0.2, 0.25) is 15.9 Å². The van der Waals surface area contributed by atoms with Crippen LogP contribution in [0.1, 0.15) is 17.0 Å². The van der Waals surface area contributed by atoms with E-state index in [9.17, 15) is 22.7 Å². The number of aliphatic hydroxyl groups is 1. The molecule has 176 valence electrons. The molecule has 3 aromatic rings. The second-order valence-corrected chi connectivity index (χ2v) is 10.8. The molecule has 2 saturated heterocycles. The van der Waals surface area contributed by atoms with E-state index in [4.69, 9.17) is 0 Å². The lowest BCUT2D eigenvalue weighted by Gasteiger charge is -2.58. The van der Waals surface area contributed by atoms with Crippen LogP contribution in [0.25, 0.3) is 11.1 Å². The molecule has 1 N–H and O–H groups in total. The fourth-order valence-corrected chi connectivity index (χ4v) is 6.59. The predicted molar refractivity (Wildman–Crippen MR) is 126 cm³/mol. The van der Waals surface area contributed by atoms with Gasteiger partial charge < -0.3 is 10.0 Å². The van der Waals surface area contributed by atoms with Gasteiger partial charge in [0.05, 0.1) is 30.1 Å². The summed E-state index contributed by atoms with van der Waals surface area (Å²) < 4.78 is 41.0. The van der Waals surface area contributed by atoms with Gasteiger partial charge in [-0.3, -0.25) is 4.79 Å². The molecule has 6 nitrogen and oxygen atoms in total. The van der Waals surface area contributed by atoms with E-state index in [-0.39, 0.29) is 36.4 Å². The highest BCUT2D eigenvalue weighted by Gasteiger charge is 2.55. The molecule has 0 saturated carbocycles. The van der Waals surface area contributed by atoms with E-state index in [0.717, 1.165) is 32.6 Å². The molecule has 1 amide bonds. The van der Waals surface area contributed by atoms with E-state index in [1.807, 2.05) is 49.4 Å². The fourth-order valence-electron chi connectivity index (χ4n) is 5.15. The summed E-state index contributed by atoms with van der Waals surface area (Å²) in [4.78, 5) is 14.3. The van der Waals surface area contributed by atoms with Gasteiger partial charge in [-0.25, -0.2) is 12.8 Å². The summed E-state index contributed by atoms with van der Waals surface area (Å²) in [6, 6.07) is 20.2. The minimum absolute atomic E-state index is 0.0887. The predicted octanol–water partition coefficient (Wildman–Crippen LogP) is 3.16. The normalized spacial score (nSPS) is 22.9. The zero-order valence-corrected chi connectivity index (χ0v) is 19.5. The third kappa shape index (κ3) is 3.81. The summed E-state index contributed by atoms with van der Waals surface area (Å²) in [5.41, 5.74) is 4.26. The van der Waals surface area contributed by atoms with Crippen LogP contribution in [0, 0.1) is 12.7 Å². The van der Waals surface area contributed by atoms with Crippen LogP contribution in [0.2, 0.25) is 0 Å². The molecule has 0 bridgehead atoms. The lowest BCUT2D eigenvalue weighted by molar-refractivity contribution is -0.158. The van der Waals surface area contributed by atoms with Crippen LogP contribution in [0.15, 0.2) is 77.7 Å². The highest BCUT2D eigenvalue weighted by atomic mass is 32.2. The van der Waals surface area contributed by atoms with Crippen molar-refractivity contribution in [3.8, 4) is 11.1 Å². The maximum atomic E-state index is 13.7. The topological polar surface area (TPSA) is 77.9 Å². The number of fused-ring (bicyclic) bond motifs is 1. The molecular weight excluding hydrogens is 455 g/mol. The molecule has 0 unspecified atom stereocenters. The highest BCUT2D eigenvalue weighted by molar-refractivity contribution is 7.89. The standard InChI is InChI=1S/C26H25FN2O4S/c1-17-4-2-5-20(12-17)18-8-10-19(11-9-18)26-23-14-28(15-25(31)29(23)24(26)16-30)34(32,33)22-7-3-6-21(27)13-22/h2-13,23-24,26,30H,14-16H2,1H3/t23-,24+,26-/m0/s1. The number of benzene rings is 3. The summed E-state index contributed by atoms with van der Waals surface area (Å²) in [6.45, 7) is 1.59. The van der Waals surface area contributed by atoms with Crippen molar-refractivity contribution in [1.82, 2.24) is 9.21 Å². The van der Waals surface area contributed by atoms with Crippen LogP contribution < -0.4 is 0 Å². The molecule has 0 aromatic heterocycles. The maximum Gasteiger partial charge on any atom is 0.243 e. The van der Waals surface area contributed by atoms with Gasteiger partial charge >= 0.3 is 0 Å². The van der Waals surface area contributed by atoms with Crippen LogP contribution >= 0.6 is 0 Å². The number of carbonyl (C=O) groups is 1. The first kappa shape index (κ1) is 22.7. The molecule has 2 aliphatic heterocycles. The largest absolute Gasteiger partial charge is 0.394 e. The number of hydrogen-bond donors (Lipinski definition) is 1. The summed E-state index contributed by atoms with van der Waals surface area (Å²) in [5, 5.41) is 10.0. The first-order chi connectivity index (χ1) is 16.3. The lowest BCUT2D eigenvalue weighted by atomic mass is 9.74. The summed E-state index contributed by atoms with van der Waals surface area (Å²) in [7, 11) is -4.03. The van der Waals surface area contributed by atoms with Crippen molar-refractivity contribution in [2.24, 2.45) is 0 Å². The number of halogens is 1. The van der Waals surface area contributed by atoms with Gasteiger partial charge in [0.15, 0.2) is 0 Å². The molecule has 0 spiro atoms. The first-order valence-corrected chi connectivity index (χ1v) is 12.6. The first-order valence-electron chi connectivity index (χ1n) is 11.1. The Morgan fingerprint density at radius 1 is 1.00 bits per heavy atom. The Morgan fingerprint density at radius 3 is 2.41 bits per heavy atom. The van der Waals surface area contributed by atoms with Crippen LogP contribution in [-0.4, -0.2) is 60.4 Å². The number of nitrogens with zero attached hydrogens (tertiary/aromatic N) is 2. The number of sulfonamides is 1. The van der Waals surface area contributed by atoms with Crippen molar-refractivity contribution < 1.29 is 22.7 Å². The van der Waals surface area contributed by atoms with Gasteiger partial charge in [-0.15, -0.1) is 0 Å². The van der Waals surface area contributed by atoms with Gasteiger partial charge in [0.1, 0.15) is 5.82 Å². The van der Waals surface area contributed by atoms with Gasteiger partial charge in [0.25, 0.3) is 0 Å². The monoisotopic (exact) mass is 480 g/mol. The van der Waals surface area contributed by atoms with Crippen molar-refractivity contribution in [3.05, 3.63) is 89.7 Å². The van der Waals surface area contributed by atoms with Crippen LogP contribution in [0.4, 0.5) is 4.39 Å². The lowest BCUT2D eigenvalue weighted by Crippen LogP contribution is -2.73. The third-order valence-corrected chi connectivity index (χ3v) is 8.61. The number of carbonyl (C=O) groups excluding carboxylic acids is 1. The van der Waals surface area contributed by atoms with E-state index >= 15 is 0 Å². The van der Waals surface area contributed by atoms with Crippen LogP contribution in [0.5, 0.6) is 0 Å². The molecular formula is C26H25FN2O4S. The number of aliphatic hydroxyl groups excluding tert-OH is 1. The van der Waals surface area contributed by atoms with Crippen LogP contribution in [0.3, 0.4) is 0 Å². The third-order valence-electron chi connectivity index (χ3n) is 6.80. The number of rotatable bonds is 5. The Bertz CT molecular complexity index is 1340. The van der Waals surface area contributed by atoms with Crippen molar-refractivity contribution in [3.63, 3.8) is 0 Å². The molecule has 2 fully saturated rings. The number of aryl methyl sites for hydroxylation is 1. The molecule has 3 aromatic carbocycles. The molecule has 0 radical (unpaired) electrons. The van der Waals surface area contributed by atoms with E-state index in [2.05, 4.69) is 6.07 Å². The minimum atomic E-state index is -4.03. The quantitative estimate of drug-likeness (QED) is 0.609. The Labute approximate surface area is 198 Å². The number of amides is 1. The zero-order valence-electron chi connectivity index (χ0n) is 18.6. The molecule has 2 heterocycles. The average molecular weight is 481 g/mol. The smallest absolute Gasteiger partial charge is 0.243 e. The Hall–Kier alpha value is -3.07. The molecule has 2 aliphatic rings. The van der Waals surface area contributed by atoms with Crippen LogP contribution in [-0.2, 0) is 14.8 Å². The van der Waals surface area contributed by atoms with E-state index in [1.165, 1.54) is 18.2 Å². The second-order valence-electron chi connectivity index (χ2n) is 8.89. The minimum Gasteiger partial charge on any atom is -0.394 e. The Morgan fingerprint density at radius 2 is 1.74 bits per heavy atom.